The number of benzene rings is 2. The maximum absolute atomic E-state index is 13.9. The van der Waals surface area contributed by atoms with Gasteiger partial charge in [-0.15, -0.1) is 0 Å². The Hall–Kier alpha value is -2.07. The summed E-state index contributed by atoms with van der Waals surface area (Å²) >= 11 is 5.93. The Morgan fingerprint density at radius 2 is 2.05 bits per heavy atom. The summed E-state index contributed by atoms with van der Waals surface area (Å²) in [4.78, 5) is 7.37. The number of aryl methyl sites for hydroxylation is 1. The van der Waals surface area contributed by atoms with Gasteiger partial charge in [-0.2, -0.15) is 0 Å². The van der Waals surface area contributed by atoms with Crippen LogP contribution in [-0.2, 0) is 0 Å². The van der Waals surface area contributed by atoms with E-state index in [0.717, 1.165) is 5.56 Å². The number of nitrogens with zero attached hydrogens (tertiary/aromatic N) is 1. The molecule has 0 bridgehead atoms. The number of nitrogen functional groups attached to an aromatic ring is 1. The third kappa shape index (κ3) is 2.04. The van der Waals surface area contributed by atoms with Crippen LogP contribution in [0.1, 0.15) is 5.56 Å². The number of halogens is 2. The first-order chi connectivity index (χ1) is 9.04. The van der Waals surface area contributed by atoms with E-state index in [1.54, 1.807) is 18.2 Å². The highest BCUT2D eigenvalue weighted by molar-refractivity contribution is 6.31. The third-order valence-electron chi connectivity index (χ3n) is 2.96. The molecule has 3 N–H and O–H groups in total. The topological polar surface area (TPSA) is 54.7 Å². The predicted octanol–water partition coefficient (Wildman–Crippen LogP) is 3.91. The first-order valence-electron chi connectivity index (χ1n) is 5.76. The lowest BCUT2D eigenvalue weighted by molar-refractivity contribution is 0.629. The van der Waals surface area contributed by atoms with Crippen LogP contribution >= 0.6 is 11.6 Å². The van der Waals surface area contributed by atoms with Gasteiger partial charge in [0.25, 0.3) is 0 Å². The number of aromatic amines is 1. The van der Waals surface area contributed by atoms with Gasteiger partial charge in [0.15, 0.2) is 0 Å². The van der Waals surface area contributed by atoms with E-state index >= 15 is 0 Å². The second-order valence-electron chi connectivity index (χ2n) is 4.46. The number of rotatable bonds is 1. The molecule has 96 valence electrons. The summed E-state index contributed by atoms with van der Waals surface area (Å²) in [5.41, 5.74) is 8.89. The summed E-state index contributed by atoms with van der Waals surface area (Å²) in [5.74, 6) is 0.130. The summed E-state index contributed by atoms with van der Waals surface area (Å²) in [6, 6.07) is 8.34. The lowest BCUT2D eigenvalue weighted by Crippen LogP contribution is -1.88. The molecule has 0 spiro atoms. The number of hydrogen-bond donors (Lipinski definition) is 2. The van der Waals surface area contributed by atoms with Crippen LogP contribution in [0.5, 0.6) is 0 Å². The number of nitrogens with two attached hydrogens (primary N) is 1. The maximum atomic E-state index is 13.9. The number of H-pyrrole nitrogens is 1. The summed E-state index contributed by atoms with van der Waals surface area (Å²) in [5, 5.41) is 0.518. The van der Waals surface area contributed by atoms with Gasteiger partial charge >= 0.3 is 0 Å². The van der Waals surface area contributed by atoms with Crippen molar-refractivity contribution in [1.82, 2.24) is 9.97 Å². The molecule has 0 radical (unpaired) electrons. The molecule has 0 saturated carbocycles. The molecule has 0 aliphatic heterocycles. The van der Waals surface area contributed by atoms with Crippen LogP contribution in [0.25, 0.3) is 22.4 Å². The van der Waals surface area contributed by atoms with Crippen LogP contribution in [0.15, 0.2) is 30.3 Å². The fraction of sp³-hybridized carbons (Fsp3) is 0.0714. The molecule has 3 rings (SSSR count). The highest BCUT2D eigenvalue weighted by atomic mass is 35.5. The third-order valence-corrected chi connectivity index (χ3v) is 3.18. The molecule has 5 heteroatoms. The van der Waals surface area contributed by atoms with Gasteiger partial charge in [0.05, 0.1) is 16.8 Å². The van der Waals surface area contributed by atoms with Crippen molar-refractivity contribution in [3.05, 3.63) is 46.7 Å². The molecule has 0 unspecified atom stereocenters. The average molecular weight is 276 g/mol. The smallest absolute Gasteiger partial charge is 0.141 e. The van der Waals surface area contributed by atoms with Crippen molar-refractivity contribution >= 4 is 28.3 Å². The molecule has 2 aromatic carbocycles. The molecule has 0 atom stereocenters. The average Bonchev–Trinajstić information content (AvgIpc) is 2.72. The Morgan fingerprint density at radius 1 is 1.26 bits per heavy atom. The lowest BCUT2D eigenvalue weighted by Gasteiger charge is -2.00. The van der Waals surface area contributed by atoms with Crippen LogP contribution in [0.2, 0.25) is 5.02 Å². The summed E-state index contributed by atoms with van der Waals surface area (Å²) in [6.45, 7) is 1.84. The Morgan fingerprint density at radius 3 is 2.79 bits per heavy atom. The summed E-state index contributed by atoms with van der Waals surface area (Å²) in [6.07, 6.45) is 0. The SMILES string of the molecule is Cc1ccc(-c2nc3c(N)cc(Cl)cc3[nH]2)c(F)c1. The van der Waals surface area contributed by atoms with Gasteiger partial charge < -0.3 is 10.7 Å². The molecule has 0 amide bonds. The van der Waals surface area contributed by atoms with Gasteiger partial charge in [-0.3, -0.25) is 0 Å². The second-order valence-corrected chi connectivity index (χ2v) is 4.90. The van der Waals surface area contributed by atoms with Gasteiger partial charge in [-0.05, 0) is 36.8 Å². The Bertz CT molecular complexity index is 780. The van der Waals surface area contributed by atoms with E-state index in [0.29, 0.717) is 33.1 Å². The number of fused-ring (bicyclic) bond motifs is 1. The van der Waals surface area contributed by atoms with Crippen molar-refractivity contribution < 1.29 is 4.39 Å². The normalized spacial score (nSPS) is 11.1. The zero-order chi connectivity index (χ0) is 13.6. The zero-order valence-corrected chi connectivity index (χ0v) is 10.9. The summed E-state index contributed by atoms with van der Waals surface area (Å²) in [7, 11) is 0. The van der Waals surface area contributed by atoms with E-state index in [-0.39, 0.29) is 5.82 Å². The molecule has 0 aliphatic rings. The van der Waals surface area contributed by atoms with Crippen molar-refractivity contribution in [3.8, 4) is 11.4 Å². The molecule has 1 heterocycles. The minimum atomic E-state index is -0.316. The molecular weight excluding hydrogens is 265 g/mol. The van der Waals surface area contributed by atoms with E-state index in [1.807, 2.05) is 13.0 Å². The maximum Gasteiger partial charge on any atom is 0.141 e. The van der Waals surface area contributed by atoms with Crippen molar-refractivity contribution in [2.75, 3.05) is 5.73 Å². The highest BCUT2D eigenvalue weighted by Crippen LogP contribution is 2.28. The Balaban J connectivity index is 2.23. The number of aromatic nitrogens is 2. The van der Waals surface area contributed by atoms with Gasteiger partial charge in [0.2, 0.25) is 0 Å². The number of nitrogens with one attached hydrogen (secondary N) is 1. The molecule has 0 saturated heterocycles. The Kier molecular flexibility index (Phi) is 2.68. The number of hydrogen-bond acceptors (Lipinski definition) is 2. The van der Waals surface area contributed by atoms with Crippen LogP contribution in [0.3, 0.4) is 0 Å². The number of anilines is 1. The monoisotopic (exact) mass is 275 g/mol. The van der Waals surface area contributed by atoms with Crippen molar-refractivity contribution in [2.45, 2.75) is 6.92 Å². The molecule has 3 aromatic rings. The fourth-order valence-electron chi connectivity index (χ4n) is 2.05. The first kappa shape index (κ1) is 12.0. The molecule has 19 heavy (non-hydrogen) atoms. The van der Waals surface area contributed by atoms with E-state index in [4.69, 9.17) is 17.3 Å². The van der Waals surface area contributed by atoms with Gasteiger partial charge in [0.1, 0.15) is 17.2 Å². The summed E-state index contributed by atoms with van der Waals surface area (Å²) < 4.78 is 13.9. The first-order valence-corrected chi connectivity index (χ1v) is 6.13. The standard InChI is InChI=1S/C14H11ClFN3/c1-7-2-3-9(10(16)4-7)14-18-12-6-8(15)5-11(17)13(12)19-14/h2-6H,17H2,1H3,(H,18,19). The zero-order valence-electron chi connectivity index (χ0n) is 10.2. The molecule has 0 fully saturated rings. The lowest BCUT2D eigenvalue weighted by atomic mass is 10.1. The van der Waals surface area contributed by atoms with Gasteiger partial charge in [-0.25, -0.2) is 9.37 Å². The molecule has 1 aromatic heterocycles. The predicted molar refractivity (Wildman–Crippen MR) is 75.6 cm³/mol. The fourth-order valence-corrected chi connectivity index (χ4v) is 2.27. The molecule has 3 nitrogen and oxygen atoms in total. The van der Waals surface area contributed by atoms with Crippen LogP contribution < -0.4 is 5.73 Å². The second kappa shape index (κ2) is 4.24. The molecule has 0 aliphatic carbocycles. The van der Waals surface area contributed by atoms with Crippen molar-refractivity contribution in [3.63, 3.8) is 0 Å². The van der Waals surface area contributed by atoms with Crippen LogP contribution in [0.4, 0.5) is 10.1 Å². The van der Waals surface area contributed by atoms with E-state index < -0.39 is 0 Å². The highest BCUT2D eigenvalue weighted by Gasteiger charge is 2.12. The van der Waals surface area contributed by atoms with Crippen molar-refractivity contribution in [1.29, 1.82) is 0 Å². The van der Waals surface area contributed by atoms with Gasteiger partial charge in [0, 0.05) is 5.02 Å². The van der Waals surface area contributed by atoms with E-state index in [2.05, 4.69) is 9.97 Å². The van der Waals surface area contributed by atoms with Crippen molar-refractivity contribution in [2.24, 2.45) is 0 Å². The van der Waals surface area contributed by atoms with E-state index in [9.17, 15) is 4.39 Å². The Labute approximate surface area is 114 Å². The van der Waals surface area contributed by atoms with E-state index in [1.165, 1.54) is 6.07 Å². The largest absolute Gasteiger partial charge is 0.397 e. The number of imidazole rings is 1. The quantitative estimate of drug-likeness (QED) is 0.662. The van der Waals surface area contributed by atoms with Crippen LogP contribution in [0, 0.1) is 12.7 Å². The minimum Gasteiger partial charge on any atom is -0.397 e. The van der Waals surface area contributed by atoms with Gasteiger partial charge in [-0.1, -0.05) is 17.7 Å². The molecular formula is C14H11ClFN3. The van der Waals surface area contributed by atoms with Crippen LogP contribution in [-0.4, -0.2) is 9.97 Å². The minimum absolute atomic E-state index is 0.316.